The Bertz CT molecular complexity index is 1200. The van der Waals surface area contributed by atoms with Crippen LogP contribution in [-0.4, -0.2) is 65.7 Å². The van der Waals surface area contributed by atoms with Crippen molar-refractivity contribution < 1.29 is 27.2 Å². The number of halogens is 5. The number of piperazine rings is 1. The van der Waals surface area contributed by atoms with Gasteiger partial charge in [0.25, 0.3) is 5.56 Å². The van der Waals surface area contributed by atoms with Crippen LogP contribution in [0.25, 0.3) is 0 Å². The second-order valence-electron chi connectivity index (χ2n) is 7.43. The van der Waals surface area contributed by atoms with Crippen LogP contribution in [-0.2, 0) is 16.2 Å². The molecule has 0 bridgehead atoms. The summed E-state index contributed by atoms with van der Waals surface area (Å²) in [5, 5.41) is 3.77. The number of aromatic nitrogens is 2. The van der Waals surface area contributed by atoms with Gasteiger partial charge >= 0.3 is 17.8 Å². The standard InChI is InChI=1S/C19H19ClF4N6O4/c20-11-3-1-2-4-12(11)29-13-14(31)26-17(33)28(8-5-21)15(13)30(34-16(32)19(22,23)24)18(29)27-9-6-25-7-10-27/h1-4,18,25H,5-10H2,(H,26,31,33). The Balaban J connectivity index is 2.00. The van der Waals surface area contributed by atoms with Crippen molar-refractivity contribution in [2.75, 3.05) is 42.8 Å². The van der Waals surface area contributed by atoms with E-state index in [0.29, 0.717) is 22.7 Å². The number of aromatic amines is 1. The summed E-state index contributed by atoms with van der Waals surface area (Å²) >= 11 is 6.37. The third kappa shape index (κ3) is 4.23. The number of fused-ring (bicyclic) bond motifs is 1. The van der Waals surface area contributed by atoms with Crippen molar-refractivity contribution in [1.29, 1.82) is 0 Å². The second kappa shape index (κ2) is 9.27. The smallest absolute Gasteiger partial charge is 0.327 e. The highest BCUT2D eigenvalue weighted by Gasteiger charge is 2.51. The van der Waals surface area contributed by atoms with Crippen LogP contribution in [0.1, 0.15) is 0 Å². The topological polar surface area (TPSA) is 103 Å². The molecule has 1 unspecified atom stereocenters. The van der Waals surface area contributed by atoms with Crippen LogP contribution >= 0.6 is 11.6 Å². The zero-order valence-electron chi connectivity index (χ0n) is 17.4. The zero-order chi connectivity index (χ0) is 24.6. The molecule has 2 aliphatic heterocycles. The minimum atomic E-state index is -5.38. The van der Waals surface area contributed by atoms with Crippen LogP contribution in [0.3, 0.4) is 0 Å². The van der Waals surface area contributed by atoms with Crippen LogP contribution in [0.2, 0.25) is 5.02 Å². The molecule has 1 atom stereocenters. The maximum absolute atomic E-state index is 13.3. The number of hydrogen-bond acceptors (Lipinski definition) is 8. The molecule has 184 valence electrons. The number of nitrogens with one attached hydrogen (secondary N) is 2. The van der Waals surface area contributed by atoms with E-state index >= 15 is 0 Å². The Morgan fingerprint density at radius 3 is 2.47 bits per heavy atom. The molecule has 0 spiro atoms. The lowest BCUT2D eigenvalue weighted by atomic mass is 10.2. The van der Waals surface area contributed by atoms with Gasteiger partial charge in [0.2, 0.25) is 6.29 Å². The first-order valence-electron chi connectivity index (χ1n) is 10.1. The fourth-order valence-electron chi connectivity index (χ4n) is 3.96. The van der Waals surface area contributed by atoms with Crippen molar-refractivity contribution in [2.45, 2.75) is 19.0 Å². The van der Waals surface area contributed by atoms with Crippen molar-refractivity contribution in [3.8, 4) is 0 Å². The molecular weight excluding hydrogens is 488 g/mol. The maximum Gasteiger partial charge on any atom is 0.493 e. The molecule has 1 aromatic heterocycles. The Kier molecular flexibility index (Phi) is 6.55. The Morgan fingerprint density at radius 1 is 1.18 bits per heavy atom. The molecule has 3 heterocycles. The number of carbonyl (C=O) groups is 1. The quantitative estimate of drug-likeness (QED) is 0.586. The molecule has 10 nitrogen and oxygen atoms in total. The SMILES string of the molecule is O=C(ON1c2c(c(=O)[nH]c(=O)n2CCF)N(c2ccccc2Cl)C1N1CCNCC1)C(F)(F)F. The first-order valence-corrected chi connectivity index (χ1v) is 10.5. The number of hydroxylamine groups is 1. The molecule has 34 heavy (non-hydrogen) atoms. The number of nitrogens with zero attached hydrogens (tertiary/aromatic N) is 4. The van der Waals surface area contributed by atoms with Crippen LogP contribution < -0.4 is 26.5 Å². The number of rotatable bonds is 5. The number of benzene rings is 1. The van der Waals surface area contributed by atoms with E-state index in [1.54, 1.807) is 17.0 Å². The lowest BCUT2D eigenvalue weighted by molar-refractivity contribution is -0.203. The van der Waals surface area contributed by atoms with Crippen LogP contribution in [0.5, 0.6) is 0 Å². The van der Waals surface area contributed by atoms with Crippen molar-refractivity contribution in [3.05, 3.63) is 50.1 Å². The highest BCUT2D eigenvalue weighted by Crippen LogP contribution is 2.45. The molecule has 0 aliphatic carbocycles. The summed E-state index contributed by atoms with van der Waals surface area (Å²) in [6.07, 6.45) is -6.70. The number of anilines is 3. The predicted molar refractivity (Wildman–Crippen MR) is 114 cm³/mol. The second-order valence-corrected chi connectivity index (χ2v) is 7.84. The van der Waals surface area contributed by atoms with Gasteiger partial charge in [-0.05, 0) is 12.1 Å². The van der Waals surface area contributed by atoms with Gasteiger partial charge in [0.1, 0.15) is 6.67 Å². The maximum atomic E-state index is 13.3. The minimum Gasteiger partial charge on any atom is -0.327 e. The molecule has 2 aliphatic rings. The van der Waals surface area contributed by atoms with E-state index in [0.717, 1.165) is 0 Å². The van der Waals surface area contributed by atoms with Crippen molar-refractivity contribution >= 4 is 34.8 Å². The lowest BCUT2D eigenvalue weighted by Crippen LogP contribution is -2.60. The zero-order valence-corrected chi connectivity index (χ0v) is 18.2. The van der Waals surface area contributed by atoms with Crippen molar-refractivity contribution in [2.24, 2.45) is 0 Å². The number of H-pyrrole nitrogens is 1. The first-order chi connectivity index (χ1) is 16.1. The first kappa shape index (κ1) is 24.0. The van der Waals surface area contributed by atoms with E-state index in [1.807, 2.05) is 0 Å². The molecule has 1 fully saturated rings. The van der Waals surface area contributed by atoms with Gasteiger partial charge in [0.15, 0.2) is 11.5 Å². The van der Waals surface area contributed by atoms with Gasteiger partial charge in [0, 0.05) is 26.2 Å². The van der Waals surface area contributed by atoms with Gasteiger partial charge in [-0.1, -0.05) is 23.7 Å². The molecule has 15 heteroatoms. The van der Waals surface area contributed by atoms with E-state index in [4.69, 9.17) is 16.4 Å². The van der Waals surface area contributed by atoms with E-state index in [9.17, 15) is 31.9 Å². The van der Waals surface area contributed by atoms with Gasteiger partial charge in [-0.25, -0.2) is 14.0 Å². The summed E-state index contributed by atoms with van der Waals surface area (Å²) in [6.45, 7) is -0.238. The summed E-state index contributed by atoms with van der Waals surface area (Å²) in [6, 6.07) is 6.21. The summed E-state index contributed by atoms with van der Waals surface area (Å²) in [7, 11) is 0. The predicted octanol–water partition coefficient (Wildman–Crippen LogP) is 1.33. The van der Waals surface area contributed by atoms with Crippen LogP contribution in [0, 0.1) is 0 Å². The number of alkyl halides is 4. The number of para-hydroxylation sites is 1. The third-order valence-corrected chi connectivity index (χ3v) is 5.67. The third-order valence-electron chi connectivity index (χ3n) is 5.35. The molecule has 0 amide bonds. The fourth-order valence-corrected chi connectivity index (χ4v) is 4.19. The summed E-state index contributed by atoms with van der Waals surface area (Å²) < 4.78 is 53.6. The Hall–Kier alpha value is -3.10. The molecule has 1 aromatic carbocycles. The highest BCUT2D eigenvalue weighted by molar-refractivity contribution is 6.33. The number of carbonyl (C=O) groups excluding carboxylic acids is 1. The number of hydrogen-bond donors (Lipinski definition) is 2. The van der Waals surface area contributed by atoms with Crippen LogP contribution in [0.4, 0.5) is 34.8 Å². The lowest BCUT2D eigenvalue weighted by Gasteiger charge is -2.41. The van der Waals surface area contributed by atoms with Crippen molar-refractivity contribution in [1.82, 2.24) is 19.8 Å². The molecule has 2 aromatic rings. The van der Waals surface area contributed by atoms with Gasteiger partial charge in [0.05, 0.1) is 17.3 Å². The van der Waals surface area contributed by atoms with Gasteiger partial charge in [-0.3, -0.25) is 24.1 Å². The Morgan fingerprint density at radius 2 is 1.85 bits per heavy atom. The monoisotopic (exact) mass is 506 g/mol. The summed E-state index contributed by atoms with van der Waals surface area (Å²) in [5.41, 5.74) is -2.16. The van der Waals surface area contributed by atoms with Crippen molar-refractivity contribution in [3.63, 3.8) is 0 Å². The highest BCUT2D eigenvalue weighted by atomic mass is 35.5. The largest absolute Gasteiger partial charge is 0.493 e. The summed E-state index contributed by atoms with van der Waals surface area (Å²) in [5.74, 6) is -3.06. The average molecular weight is 507 g/mol. The molecule has 0 saturated carbocycles. The van der Waals surface area contributed by atoms with E-state index < -0.39 is 48.7 Å². The summed E-state index contributed by atoms with van der Waals surface area (Å²) in [4.78, 5) is 47.1. The van der Waals surface area contributed by atoms with E-state index in [2.05, 4.69) is 10.3 Å². The molecule has 4 rings (SSSR count). The van der Waals surface area contributed by atoms with Crippen LogP contribution in [0.15, 0.2) is 33.9 Å². The van der Waals surface area contributed by atoms with Gasteiger partial charge < -0.3 is 10.2 Å². The van der Waals surface area contributed by atoms with E-state index in [-0.39, 0.29) is 29.5 Å². The molecular formula is C19H19ClF4N6O4. The van der Waals surface area contributed by atoms with E-state index in [1.165, 1.54) is 17.0 Å². The fraction of sp³-hybridized carbons (Fsp3) is 0.421. The van der Waals surface area contributed by atoms with Gasteiger partial charge in [-0.2, -0.15) is 13.2 Å². The minimum absolute atomic E-state index is 0.139. The Labute approximate surface area is 194 Å². The van der Waals surface area contributed by atoms with Gasteiger partial charge in [-0.15, -0.1) is 5.06 Å². The average Bonchev–Trinajstić information content (AvgIpc) is 3.12. The normalized spacial score (nSPS) is 18.8. The molecule has 0 radical (unpaired) electrons. The molecule has 1 saturated heterocycles. The molecule has 2 N–H and O–H groups in total.